The van der Waals surface area contributed by atoms with Crippen LogP contribution in [0.1, 0.15) is 48.6 Å². The number of hydrogen-bond acceptors (Lipinski definition) is 0. The number of benzene rings is 2. The fraction of sp³-hybridized carbons (Fsp3) is 0.375. The lowest BCUT2D eigenvalue weighted by atomic mass is 9.66. The quantitative estimate of drug-likeness (QED) is 0.593. The minimum atomic E-state index is 0.865. The van der Waals surface area contributed by atoms with Crippen molar-refractivity contribution in [3.8, 4) is 0 Å². The standard InChI is InChI=1S/C16H16/c1-2-4-14-10-16-12-7-5-11(6-8-12)15(16)9-13(14)3-1/h1-4,9-12H,5-8H2. The molecule has 0 saturated heterocycles. The SMILES string of the molecule is c1ccc2cc3c(cc2c1)C1CCC3CC1. The Morgan fingerprint density at radius 2 is 1.12 bits per heavy atom. The van der Waals surface area contributed by atoms with Crippen LogP contribution in [0.3, 0.4) is 0 Å². The maximum absolute atomic E-state index is 2.46. The molecule has 0 unspecified atom stereocenters. The smallest absolute Gasteiger partial charge is 0.0158 e. The normalized spacial score (nSPS) is 27.0. The zero-order chi connectivity index (χ0) is 10.5. The van der Waals surface area contributed by atoms with E-state index in [1.54, 1.807) is 11.1 Å². The van der Waals surface area contributed by atoms with E-state index in [4.69, 9.17) is 0 Å². The molecule has 5 rings (SSSR count). The molecule has 0 spiro atoms. The second kappa shape index (κ2) is 3.10. The van der Waals surface area contributed by atoms with Gasteiger partial charge in [0.15, 0.2) is 0 Å². The van der Waals surface area contributed by atoms with E-state index in [1.807, 2.05) is 0 Å². The lowest BCUT2D eigenvalue weighted by Crippen LogP contribution is -2.21. The first-order chi connectivity index (χ1) is 7.92. The molecule has 80 valence electrons. The number of hydrogen-bond donors (Lipinski definition) is 0. The summed E-state index contributed by atoms with van der Waals surface area (Å²) in [7, 11) is 0. The van der Waals surface area contributed by atoms with Crippen LogP contribution in [0.4, 0.5) is 0 Å². The van der Waals surface area contributed by atoms with Crippen LogP contribution in [-0.4, -0.2) is 0 Å². The van der Waals surface area contributed by atoms with Gasteiger partial charge in [-0.3, -0.25) is 0 Å². The van der Waals surface area contributed by atoms with Gasteiger partial charge in [0.1, 0.15) is 0 Å². The summed E-state index contributed by atoms with van der Waals surface area (Å²) in [5, 5.41) is 2.85. The molecule has 2 aromatic rings. The highest BCUT2D eigenvalue weighted by atomic mass is 14.4. The van der Waals surface area contributed by atoms with Crippen LogP contribution in [0.2, 0.25) is 0 Å². The highest BCUT2D eigenvalue weighted by Crippen LogP contribution is 2.50. The average molecular weight is 208 g/mol. The number of fused-ring (bicyclic) bond motifs is 3. The van der Waals surface area contributed by atoms with Crippen molar-refractivity contribution < 1.29 is 0 Å². The fourth-order valence-corrected chi connectivity index (χ4v) is 3.70. The van der Waals surface area contributed by atoms with E-state index in [0.717, 1.165) is 11.8 Å². The summed E-state index contributed by atoms with van der Waals surface area (Å²) in [6, 6.07) is 13.7. The molecule has 0 nitrogen and oxygen atoms in total. The maximum Gasteiger partial charge on any atom is -0.0158 e. The van der Waals surface area contributed by atoms with E-state index >= 15 is 0 Å². The first-order valence-electron chi connectivity index (χ1n) is 6.44. The summed E-state index contributed by atoms with van der Waals surface area (Å²) in [6.45, 7) is 0. The Kier molecular flexibility index (Phi) is 1.71. The lowest BCUT2D eigenvalue weighted by molar-refractivity contribution is 0.359. The van der Waals surface area contributed by atoms with Crippen LogP contribution < -0.4 is 0 Å². The minimum absolute atomic E-state index is 0.865. The molecule has 0 aromatic heterocycles. The van der Waals surface area contributed by atoms with Gasteiger partial charge in [0, 0.05) is 0 Å². The molecule has 0 N–H and O–H groups in total. The van der Waals surface area contributed by atoms with Gasteiger partial charge in [0.25, 0.3) is 0 Å². The molecule has 0 heterocycles. The Labute approximate surface area is 96.3 Å². The van der Waals surface area contributed by atoms with Crippen molar-refractivity contribution in [1.29, 1.82) is 0 Å². The molecular weight excluding hydrogens is 192 g/mol. The Hall–Kier alpha value is -1.30. The van der Waals surface area contributed by atoms with Gasteiger partial charge in [-0.2, -0.15) is 0 Å². The molecule has 2 aromatic carbocycles. The lowest BCUT2D eigenvalue weighted by Gasteiger charge is -2.38. The van der Waals surface area contributed by atoms with Gasteiger partial charge in [0.05, 0.1) is 0 Å². The molecule has 1 fully saturated rings. The summed E-state index contributed by atoms with van der Waals surface area (Å²) in [5.74, 6) is 1.73. The van der Waals surface area contributed by atoms with E-state index in [9.17, 15) is 0 Å². The van der Waals surface area contributed by atoms with Gasteiger partial charge in [-0.1, -0.05) is 36.4 Å². The highest BCUT2D eigenvalue weighted by molar-refractivity contribution is 5.84. The Bertz CT molecular complexity index is 494. The van der Waals surface area contributed by atoms with Crippen molar-refractivity contribution >= 4 is 10.8 Å². The van der Waals surface area contributed by atoms with Crippen molar-refractivity contribution in [2.75, 3.05) is 0 Å². The average Bonchev–Trinajstić information content (AvgIpc) is 2.38. The van der Waals surface area contributed by atoms with E-state index in [-0.39, 0.29) is 0 Å². The third-order valence-corrected chi connectivity index (χ3v) is 4.56. The Morgan fingerprint density at radius 1 is 0.688 bits per heavy atom. The maximum atomic E-state index is 2.46. The molecule has 0 aliphatic heterocycles. The molecule has 2 bridgehead atoms. The fourth-order valence-electron chi connectivity index (χ4n) is 3.70. The summed E-state index contributed by atoms with van der Waals surface area (Å²) < 4.78 is 0. The van der Waals surface area contributed by atoms with Crippen LogP contribution in [0, 0.1) is 0 Å². The van der Waals surface area contributed by atoms with Gasteiger partial charge in [0.2, 0.25) is 0 Å². The van der Waals surface area contributed by atoms with Gasteiger partial charge < -0.3 is 0 Å². The topological polar surface area (TPSA) is 0 Å². The Morgan fingerprint density at radius 3 is 1.56 bits per heavy atom. The third kappa shape index (κ3) is 1.10. The summed E-state index contributed by atoms with van der Waals surface area (Å²) in [5.41, 5.74) is 3.34. The number of rotatable bonds is 0. The van der Waals surface area contributed by atoms with E-state index in [1.165, 1.54) is 36.5 Å². The van der Waals surface area contributed by atoms with Crippen LogP contribution in [0.5, 0.6) is 0 Å². The van der Waals surface area contributed by atoms with Crippen molar-refractivity contribution in [3.63, 3.8) is 0 Å². The first-order valence-corrected chi connectivity index (χ1v) is 6.44. The van der Waals surface area contributed by atoms with Crippen molar-refractivity contribution in [2.45, 2.75) is 37.5 Å². The summed E-state index contributed by atoms with van der Waals surface area (Å²) in [6.07, 6.45) is 5.71. The van der Waals surface area contributed by atoms with Gasteiger partial charge >= 0.3 is 0 Å². The molecule has 0 amide bonds. The van der Waals surface area contributed by atoms with Crippen LogP contribution >= 0.6 is 0 Å². The van der Waals surface area contributed by atoms with Gasteiger partial charge in [-0.15, -0.1) is 0 Å². The molecule has 3 aliphatic rings. The largest absolute Gasteiger partial charge is 0.0616 e. The zero-order valence-electron chi connectivity index (χ0n) is 9.45. The van der Waals surface area contributed by atoms with E-state index in [0.29, 0.717) is 0 Å². The van der Waals surface area contributed by atoms with Gasteiger partial charge in [-0.25, -0.2) is 0 Å². The zero-order valence-corrected chi connectivity index (χ0v) is 9.45. The first kappa shape index (κ1) is 8.81. The molecule has 0 atom stereocenters. The Balaban J connectivity index is 2.03. The monoisotopic (exact) mass is 208 g/mol. The molecule has 3 aliphatic carbocycles. The van der Waals surface area contributed by atoms with Crippen LogP contribution in [-0.2, 0) is 0 Å². The second-order valence-electron chi connectivity index (χ2n) is 5.38. The summed E-state index contributed by atoms with van der Waals surface area (Å²) >= 11 is 0. The van der Waals surface area contributed by atoms with Crippen molar-refractivity contribution in [3.05, 3.63) is 47.5 Å². The van der Waals surface area contributed by atoms with Crippen LogP contribution in [0.25, 0.3) is 10.8 Å². The molecule has 0 heteroatoms. The predicted molar refractivity (Wildman–Crippen MR) is 67.9 cm³/mol. The summed E-state index contributed by atoms with van der Waals surface area (Å²) in [4.78, 5) is 0. The third-order valence-electron chi connectivity index (χ3n) is 4.56. The highest BCUT2D eigenvalue weighted by Gasteiger charge is 2.32. The molecular formula is C16H16. The van der Waals surface area contributed by atoms with E-state index < -0.39 is 0 Å². The molecule has 16 heavy (non-hydrogen) atoms. The van der Waals surface area contributed by atoms with Gasteiger partial charge in [-0.05, 0) is 59.4 Å². The van der Waals surface area contributed by atoms with Crippen molar-refractivity contribution in [1.82, 2.24) is 0 Å². The van der Waals surface area contributed by atoms with Crippen LogP contribution in [0.15, 0.2) is 36.4 Å². The predicted octanol–water partition coefficient (Wildman–Crippen LogP) is 4.59. The molecule has 1 saturated carbocycles. The second-order valence-corrected chi connectivity index (χ2v) is 5.38. The van der Waals surface area contributed by atoms with E-state index in [2.05, 4.69) is 36.4 Å². The minimum Gasteiger partial charge on any atom is -0.0616 e. The van der Waals surface area contributed by atoms with Crippen molar-refractivity contribution in [2.24, 2.45) is 0 Å². The molecule has 0 radical (unpaired) electrons.